The second-order valence-corrected chi connectivity index (χ2v) is 3.66. The van der Waals surface area contributed by atoms with Crippen LogP contribution in [-0.4, -0.2) is 31.1 Å². The van der Waals surface area contributed by atoms with Crippen molar-refractivity contribution >= 4 is 0 Å². The maximum absolute atomic E-state index is 5.51. The molecule has 0 aromatic carbocycles. The second-order valence-electron chi connectivity index (χ2n) is 3.66. The summed E-state index contributed by atoms with van der Waals surface area (Å²) in [4.78, 5) is 2.47. The highest BCUT2D eigenvalue weighted by Crippen LogP contribution is 2.15. The number of nitrogens with two attached hydrogens (primary N) is 1. The first-order chi connectivity index (χ1) is 4.72. The predicted molar refractivity (Wildman–Crippen MR) is 43.8 cm³/mol. The number of hydrogen-bond donors (Lipinski definition) is 1. The van der Waals surface area contributed by atoms with Crippen LogP contribution >= 0.6 is 0 Å². The highest BCUT2D eigenvalue weighted by Gasteiger charge is 2.22. The van der Waals surface area contributed by atoms with Crippen LogP contribution in [0.5, 0.6) is 0 Å². The zero-order valence-corrected chi connectivity index (χ0v) is 7.01. The summed E-state index contributed by atoms with van der Waals surface area (Å²) in [5.41, 5.74) is 5.51. The van der Waals surface area contributed by atoms with Crippen molar-refractivity contribution in [3.63, 3.8) is 0 Å². The molecule has 0 aromatic rings. The molecular formula is C8H18N2. The van der Waals surface area contributed by atoms with Gasteiger partial charge in [0, 0.05) is 19.6 Å². The van der Waals surface area contributed by atoms with Crippen LogP contribution in [0.3, 0.4) is 0 Å². The summed E-state index contributed by atoms with van der Waals surface area (Å²) in [5, 5.41) is 0. The number of nitrogens with zero attached hydrogens (tertiary/aromatic N) is 1. The van der Waals surface area contributed by atoms with Gasteiger partial charge < -0.3 is 10.6 Å². The lowest BCUT2D eigenvalue weighted by Gasteiger charge is -2.38. The molecule has 1 unspecified atom stereocenters. The van der Waals surface area contributed by atoms with E-state index in [1.165, 1.54) is 19.6 Å². The highest BCUT2D eigenvalue weighted by molar-refractivity contribution is 4.77. The van der Waals surface area contributed by atoms with Gasteiger partial charge in [0.2, 0.25) is 0 Å². The van der Waals surface area contributed by atoms with Crippen LogP contribution in [0.2, 0.25) is 0 Å². The first-order valence-electron chi connectivity index (χ1n) is 4.14. The predicted octanol–water partition coefficient (Wildman–Crippen LogP) is 0.533. The van der Waals surface area contributed by atoms with Gasteiger partial charge in [-0.2, -0.15) is 0 Å². The number of rotatable bonds is 3. The highest BCUT2D eigenvalue weighted by atomic mass is 15.2. The van der Waals surface area contributed by atoms with Crippen molar-refractivity contribution < 1.29 is 0 Å². The van der Waals surface area contributed by atoms with E-state index in [9.17, 15) is 0 Å². The third-order valence-corrected chi connectivity index (χ3v) is 2.11. The smallest absolute Gasteiger partial charge is 0.00195 e. The lowest BCUT2D eigenvalue weighted by molar-refractivity contribution is 0.0969. The molecule has 1 fully saturated rings. The van der Waals surface area contributed by atoms with Crippen LogP contribution in [0.1, 0.15) is 13.8 Å². The van der Waals surface area contributed by atoms with Crippen LogP contribution in [0.25, 0.3) is 0 Å². The van der Waals surface area contributed by atoms with E-state index in [-0.39, 0.29) is 0 Å². The molecule has 2 nitrogen and oxygen atoms in total. The van der Waals surface area contributed by atoms with Crippen molar-refractivity contribution in [3.05, 3.63) is 0 Å². The monoisotopic (exact) mass is 142 g/mol. The molecule has 0 bridgehead atoms. The van der Waals surface area contributed by atoms with Gasteiger partial charge in [0.15, 0.2) is 0 Å². The first kappa shape index (κ1) is 8.02. The quantitative estimate of drug-likeness (QED) is 0.623. The van der Waals surface area contributed by atoms with Crippen molar-refractivity contribution in [2.24, 2.45) is 17.6 Å². The minimum atomic E-state index is 0.674. The average Bonchev–Trinajstić information content (AvgIpc) is 1.84. The van der Waals surface area contributed by atoms with Crippen LogP contribution in [0, 0.1) is 11.8 Å². The molecule has 1 heterocycles. The summed E-state index contributed by atoms with van der Waals surface area (Å²) in [6, 6.07) is 0. The minimum absolute atomic E-state index is 0.674. The van der Waals surface area contributed by atoms with E-state index < -0.39 is 0 Å². The summed E-state index contributed by atoms with van der Waals surface area (Å²) in [6.45, 7) is 9.09. The van der Waals surface area contributed by atoms with Crippen LogP contribution in [-0.2, 0) is 0 Å². The molecule has 10 heavy (non-hydrogen) atoms. The van der Waals surface area contributed by atoms with Crippen molar-refractivity contribution in [2.75, 3.05) is 26.2 Å². The zero-order chi connectivity index (χ0) is 7.56. The third kappa shape index (κ3) is 1.96. The van der Waals surface area contributed by atoms with Crippen molar-refractivity contribution in [1.82, 2.24) is 4.90 Å². The van der Waals surface area contributed by atoms with E-state index in [4.69, 9.17) is 5.73 Å². The Labute approximate surface area is 63.4 Å². The van der Waals surface area contributed by atoms with Crippen molar-refractivity contribution in [3.8, 4) is 0 Å². The SMILES string of the molecule is CC(CN)CN1CC(C)C1. The summed E-state index contributed by atoms with van der Waals surface area (Å²) in [6.07, 6.45) is 0. The van der Waals surface area contributed by atoms with E-state index >= 15 is 0 Å². The molecule has 0 saturated carbocycles. The molecule has 60 valence electrons. The Morgan fingerprint density at radius 2 is 2.20 bits per heavy atom. The minimum Gasteiger partial charge on any atom is -0.330 e. The topological polar surface area (TPSA) is 29.3 Å². The van der Waals surface area contributed by atoms with Crippen LogP contribution < -0.4 is 5.73 Å². The average molecular weight is 142 g/mol. The zero-order valence-electron chi connectivity index (χ0n) is 7.01. The van der Waals surface area contributed by atoms with Crippen LogP contribution in [0.15, 0.2) is 0 Å². The van der Waals surface area contributed by atoms with Crippen molar-refractivity contribution in [1.29, 1.82) is 0 Å². The summed E-state index contributed by atoms with van der Waals surface area (Å²) in [5.74, 6) is 1.59. The molecule has 1 aliphatic rings. The molecule has 0 radical (unpaired) electrons. The molecule has 2 N–H and O–H groups in total. The van der Waals surface area contributed by atoms with Gasteiger partial charge in [-0.3, -0.25) is 0 Å². The normalized spacial score (nSPS) is 24.3. The fourth-order valence-corrected chi connectivity index (χ4v) is 1.49. The Balaban J connectivity index is 2.04. The molecule has 1 atom stereocenters. The van der Waals surface area contributed by atoms with Crippen molar-refractivity contribution in [2.45, 2.75) is 13.8 Å². The fourth-order valence-electron chi connectivity index (χ4n) is 1.49. The molecule has 1 saturated heterocycles. The lowest BCUT2D eigenvalue weighted by Crippen LogP contribution is -2.47. The first-order valence-corrected chi connectivity index (χ1v) is 4.14. The summed E-state index contributed by atoms with van der Waals surface area (Å²) >= 11 is 0. The Morgan fingerprint density at radius 1 is 1.60 bits per heavy atom. The fraction of sp³-hybridized carbons (Fsp3) is 1.00. The van der Waals surface area contributed by atoms with Gasteiger partial charge in [0.05, 0.1) is 0 Å². The Morgan fingerprint density at radius 3 is 2.60 bits per heavy atom. The van der Waals surface area contributed by atoms with E-state index in [1.807, 2.05) is 0 Å². The van der Waals surface area contributed by atoms with Gasteiger partial charge in [-0.15, -0.1) is 0 Å². The third-order valence-electron chi connectivity index (χ3n) is 2.11. The van der Waals surface area contributed by atoms with Gasteiger partial charge in [-0.25, -0.2) is 0 Å². The Hall–Kier alpha value is -0.0800. The maximum Gasteiger partial charge on any atom is 0.00195 e. The van der Waals surface area contributed by atoms with Crippen LogP contribution in [0.4, 0.5) is 0 Å². The van der Waals surface area contributed by atoms with Gasteiger partial charge in [-0.05, 0) is 18.4 Å². The Kier molecular flexibility index (Phi) is 2.69. The standard InChI is InChI=1S/C8H18N2/c1-7(3-9)4-10-5-8(2)6-10/h7-8H,3-6,9H2,1-2H3. The molecule has 1 rings (SSSR count). The number of hydrogen-bond acceptors (Lipinski definition) is 2. The van der Waals surface area contributed by atoms with Gasteiger partial charge in [0.25, 0.3) is 0 Å². The van der Waals surface area contributed by atoms with E-state index in [0.717, 1.165) is 12.5 Å². The summed E-state index contributed by atoms with van der Waals surface area (Å²) < 4.78 is 0. The molecule has 0 spiro atoms. The molecule has 1 aliphatic heterocycles. The maximum atomic E-state index is 5.51. The molecule has 0 aliphatic carbocycles. The molecular weight excluding hydrogens is 124 g/mol. The lowest BCUT2D eigenvalue weighted by atomic mass is 10.0. The van der Waals surface area contributed by atoms with Gasteiger partial charge >= 0.3 is 0 Å². The molecule has 2 heteroatoms. The van der Waals surface area contributed by atoms with Gasteiger partial charge in [-0.1, -0.05) is 13.8 Å². The summed E-state index contributed by atoms with van der Waals surface area (Å²) in [7, 11) is 0. The van der Waals surface area contributed by atoms with E-state index in [2.05, 4.69) is 18.7 Å². The molecule has 0 aromatic heterocycles. The number of likely N-dealkylation sites (tertiary alicyclic amines) is 1. The molecule has 0 amide bonds. The second kappa shape index (κ2) is 3.35. The van der Waals surface area contributed by atoms with E-state index in [1.54, 1.807) is 0 Å². The Bertz CT molecular complexity index is 97.4. The van der Waals surface area contributed by atoms with Gasteiger partial charge in [0.1, 0.15) is 0 Å². The largest absolute Gasteiger partial charge is 0.330 e. The van der Waals surface area contributed by atoms with E-state index in [0.29, 0.717) is 5.92 Å².